The normalized spacial score (nSPS) is 11.4. The maximum atomic E-state index is 12.6. The van der Waals surface area contributed by atoms with Crippen LogP contribution in [0.5, 0.6) is 0 Å². The van der Waals surface area contributed by atoms with E-state index >= 15 is 0 Å². The lowest BCUT2D eigenvalue weighted by atomic mass is 10.1. The first-order chi connectivity index (χ1) is 11.8. The fraction of sp³-hybridized carbons (Fsp3) is 0.118. The van der Waals surface area contributed by atoms with Gasteiger partial charge >= 0.3 is 12.2 Å². The molecule has 0 saturated carbocycles. The monoisotopic (exact) mass is 347 g/mol. The van der Waals surface area contributed by atoms with E-state index in [0.29, 0.717) is 11.1 Å². The molecule has 0 spiro atoms. The highest BCUT2D eigenvalue weighted by atomic mass is 19.4. The van der Waals surface area contributed by atoms with Crippen LogP contribution in [0.4, 0.5) is 19.2 Å². The molecule has 8 heteroatoms. The summed E-state index contributed by atoms with van der Waals surface area (Å²) < 4.78 is 43.0. The average molecular weight is 347 g/mol. The van der Waals surface area contributed by atoms with Crippen LogP contribution in [-0.4, -0.2) is 16.1 Å². The van der Waals surface area contributed by atoms with Crippen molar-refractivity contribution in [3.8, 4) is 11.5 Å². The minimum atomic E-state index is -4.42. The summed E-state index contributed by atoms with van der Waals surface area (Å²) in [5.74, 6) is -0.408. The van der Waals surface area contributed by atoms with Gasteiger partial charge in [0.2, 0.25) is 5.89 Å². The molecule has 3 aromatic rings. The predicted octanol–water partition coefficient (Wildman–Crippen LogP) is 4.32. The number of hydrogen-bond donors (Lipinski definition) is 1. The van der Waals surface area contributed by atoms with Crippen LogP contribution in [0.1, 0.15) is 21.5 Å². The summed E-state index contributed by atoms with van der Waals surface area (Å²) in [5.41, 5.74) is 0.778. The molecule has 128 valence electrons. The number of nitrogens with one attached hydrogen (secondary N) is 1. The number of aromatic nitrogens is 2. The summed E-state index contributed by atoms with van der Waals surface area (Å²) in [4.78, 5) is 12.2. The van der Waals surface area contributed by atoms with Crippen molar-refractivity contribution in [2.45, 2.75) is 13.1 Å². The molecule has 0 aliphatic rings. The Hall–Kier alpha value is -3.16. The molecule has 25 heavy (non-hydrogen) atoms. The van der Waals surface area contributed by atoms with E-state index in [-0.39, 0.29) is 11.9 Å². The summed E-state index contributed by atoms with van der Waals surface area (Å²) in [6.07, 6.45) is -4.42. The molecule has 0 aliphatic carbocycles. The number of benzene rings is 2. The Balaban J connectivity index is 1.76. The molecule has 1 N–H and O–H groups in total. The first-order valence-corrected chi connectivity index (χ1v) is 7.23. The zero-order valence-electron chi connectivity index (χ0n) is 13.0. The number of rotatable bonds is 3. The summed E-state index contributed by atoms with van der Waals surface area (Å²) in [6.45, 7) is 1.79. The van der Waals surface area contributed by atoms with Crippen LogP contribution < -0.4 is 5.32 Å². The van der Waals surface area contributed by atoms with Crippen LogP contribution >= 0.6 is 0 Å². The number of nitrogens with zero attached hydrogens (tertiary/aromatic N) is 2. The quantitative estimate of drug-likeness (QED) is 0.766. The summed E-state index contributed by atoms with van der Waals surface area (Å²) >= 11 is 0. The molecular weight excluding hydrogens is 335 g/mol. The molecule has 0 fully saturated rings. The topological polar surface area (TPSA) is 68.0 Å². The van der Waals surface area contributed by atoms with Gasteiger partial charge in [0.15, 0.2) is 0 Å². The van der Waals surface area contributed by atoms with E-state index in [1.54, 1.807) is 25.1 Å². The fourth-order valence-corrected chi connectivity index (χ4v) is 2.18. The number of halogens is 3. The molecule has 0 unspecified atom stereocenters. The van der Waals surface area contributed by atoms with E-state index < -0.39 is 17.6 Å². The molecule has 2 aromatic carbocycles. The molecule has 5 nitrogen and oxygen atoms in total. The van der Waals surface area contributed by atoms with Crippen LogP contribution in [0.2, 0.25) is 0 Å². The van der Waals surface area contributed by atoms with Gasteiger partial charge in [-0.05, 0) is 42.8 Å². The van der Waals surface area contributed by atoms with Crippen LogP contribution in [0.3, 0.4) is 0 Å². The Morgan fingerprint density at radius 2 is 1.72 bits per heavy atom. The van der Waals surface area contributed by atoms with E-state index in [1.807, 2.05) is 6.07 Å². The van der Waals surface area contributed by atoms with Gasteiger partial charge < -0.3 is 4.42 Å². The SMILES string of the molecule is Cc1ccccc1C(=O)Nc1nnc(-c2ccc(C(F)(F)F)cc2)o1. The van der Waals surface area contributed by atoms with Gasteiger partial charge in [0.25, 0.3) is 5.91 Å². The number of anilines is 1. The van der Waals surface area contributed by atoms with Gasteiger partial charge in [0.05, 0.1) is 5.56 Å². The van der Waals surface area contributed by atoms with Crippen LogP contribution in [-0.2, 0) is 6.18 Å². The Bertz CT molecular complexity index is 902. The largest absolute Gasteiger partial charge is 0.416 e. The van der Waals surface area contributed by atoms with Crippen molar-refractivity contribution in [1.29, 1.82) is 0 Å². The highest BCUT2D eigenvalue weighted by Crippen LogP contribution is 2.30. The average Bonchev–Trinajstić information content (AvgIpc) is 3.03. The zero-order chi connectivity index (χ0) is 18.0. The Kier molecular flexibility index (Phi) is 4.26. The Morgan fingerprint density at radius 3 is 2.36 bits per heavy atom. The molecule has 0 saturated heterocycles. The van der Waals surface area contributed by atoms with E-state index in [1.165, 1.54) is 12.1 Å². The van der Waals surface area contributed by atoms with Gasteiger partial charge in [0, 0.05) is 11.1 Å². The van der Waals surface area contributed by atoms with E-state index in [9.17, 15) is 18.0 Å². The second-order valence-corrected chi connectivity index (χ2v) is 5.26. The third kappa shape index (κ3) is 3.68. The molecular formula is C17H12F3N3O2. The van der Waals surface area contributed by atoms with Gasteiger partial charge in [-0.25, -0.2) is 0 Å². The maximum Gasteiger partial charge on any atom is 0.416 e. The lowest BCUT2D eigenvalue weighted by Gasteiger charge is -2.06. The van der Waals surface area contributed by atoms with Crippen molar-refractivity contribution in [3.05, 3.63) is 65.2 Å². The van der Waals surface area contributed by atoms with Crippen LogP contribution in [0.25, 0.3) is 11.5 Å². The minimum Gasteiger partial charge on any atom is -0.403 e. The number of aryl methyl sites for hydroxylation is 1. The first-order valence-electron chi connectivity index (χ1n) is 7.23. The van der Waals surface area contributed by atoms with Gasteiger partial charge in [-0.1, -0.05) is 23.3 Å². The minimum absolute atomic E-state index is 0.00816. The van der Waals surface area contributed by atoms with Crippen LogP contribution in [0.15, 0.2) is 52.9 Å². The third-order valence-corrected chi connectivity index (χ3v) is 3.49. The van der Waals surface area contributed by atoms with Gasteiger partial charge in [-0.3, -0.25) is 10.1 Å². The second-order valence-electron chi connectivity index (χ2n) is 5.26. The highest BCUT2D eigenvalue weighted by molar-refractivity contribution is 6.04. The van der Waals surface area contributed by atoms with Crippen molar-refractivity contribution in [3.63, 3.8) is 0 Å². The molecule has 0 radical (unpaired) electrons. The number of carbonyl (C=O) groups is 1. The zero-order valence-corrected chi connectivity index (χ0v) is 13.0. The number of hydrogen-bond acceptors (Lipinski definition) is 4. The molecule has 0 atom stereocenters. The van der Waals surface area contributed by atoms with Crippen molar-refractivity contribution in [2.75, 3.05) is 5.32 Å². The van der Waals surface area contributed by atoms with Crippen molar-refractivity contribution in [1.82, 2.24) is 10.2 Å². The summed E-state index contributed by atoms with van der Waals surface area (Å²) in [5, 5.41) is 9.89. The lowest BCUT2D eigenvalue weighted by Crippen LogP contribution is -2.13. The third-order valence-electron chi connectivity index (χ3n) is 3.49. The Morgan fingerprint density at radius 1 is 1.04 bits per heavy atom. The standard InChI is InChI=1S/C17H12F3N3O2/c1-10-4-2-3-5-13(10)14(24)21-16-23-22-15(25-16)11-6-8-12(9-7-11)17(18,19)20/h2-9H,1H3,(H,21,23,24). The van der Waals surface area contributed by atoms with Crippen molar-refractivity contribution < 1.29 is 22.4 Å². The molecule has 1 amide bonds. The summed E-state index contributed by atoms with van der Waals surface area (Å²) in [7, 11) is 0. The van der Waals surface area contributed by atoms with Gasteiger partial charge in [-0.15, -0.1) is 5.10 Å². The maximum absolute atomic E-state index is 12.6. The highest BCUT2D eigenvalue weighted by Gasteiger charge is 2.30. The van der Waals surface area contributed by atoms with E-state index in [2.05, 4.69) is 15.5 Å². The number of amides is 1. The molecule has 0 aliphatic heterocycles. The van der Waals surface area contributed by atoms with E-state index in [0.717, 1.165) is 17.7 Å². The lowest BCUT2D eigenvalue weighted by molar-refractivity contribution is -0.137. The Labute approximate surface area is 140 Å². The second kappa shape index (κ2) is 6.39. The number of alkyl halides is 3. The van der Waals surface area contributed by atoms with Crippen molar-refractivity contribution >= 4 is 11.9 Å². The number of carbonyl (C=O) groups excluding carboxylic acids is 1. The summed E-state index contributed by atoms with van der Waals surface area (Å²) in [6, 6.07) is 11.1. The predicted molar refractivity (Wildman–Crippen MR) is 83.9 cm³/mol. The smallest absolute Gasteiger partial charge is 0.403 e. The first kappa shape index (κ1) is 16.7. The molecule has 0 bridgehead atoms. The van der Waals surface area contributed by atoms with E-state index in [4.69, 9.17) is 4.42 Å². The molecule has 1 aromatic heterocycles. The molecule has 1 heterocycles. The van der Waals surface area contributed by atoms with Crippen LogP contribution in [0, 0.1) is 6.92 Å². The molecule has 3 rings (SSSR count). The van der Waals surface area contributed by atoms with Crippen molar-refractivity contribution in [2.24, 2.45) is 0 Å². The van der Waals surface area contributed by atoms with Gasteiger partial charge in [0.1, 0.15) is 0 Å². The van der Waals surface area contributed by atoms with Gasteiger partial charge in [-0.2, -0.15) is 13.2 Å². The fourth-order valence-electron chi connectivity index (χ4n) is 2.18.